The second kappa shape index (κ2) is 11.6. The summed E-state index contributed by atoms with van der Waals surface area (Å²) in [5, 5.41) is 2.85. The quantitative estimate of drug-likeness (QED) is 0.464. The van der Waals surface area contributed by atoms with Gasteiger partial charge in [-0.2, -0.15) is 0 Å². The number of nitrogens with one attached hydrogen (secondary N) is 1. The number of rotatable bonds is 10. The molecule has 32 heavy (non-hydrogen) atoms. The molecule has 6 heteroatoms. The van der Waals surface area contributed by atoms with E-state index in [1.165, 1.54) is 0 Å². The van der Waals surface area contributed by atoms with Crippen molar-refractivity contribution in [1.29, 1.82) is 0 Å². The standard InChI is InChI=1S/C26H28N2O4/c1-3-28(4-2)26(30)21-9-8-10-22(19-21)27-25(29)20-13-15-24(16-14-20)32-18-17-31-23-11-6-5-7-12-23/h5-16,19H,3-4,17-18H2,1-2H3,(H,27,29). The Morgan fingerprint density at radius 3 is 2.00 bits per heavy atom. The van der Waals surface area contributed by atoms with Crippen LogP contribution in [0.15, 0.2) is 78.9 Å². The molecule has 0 fully saturated rings. The average molecular weight is 433 g/mol. The zero-order valence-electron chi connectivity index (χ0n) is 18.4. The minimum absolute atomic E-state index is 0.0520. The molecule has 166 valence electrons. The van der Waals surface area contributed by atoms with Crippen LogP contribution in [0.5, 0.6) is 11.5 Å². The summed E-state index contributed by atoms with van der Waals surface area (Å²) >= 11 is 0. The molecular formula is C26H28N2O4. The molecule has 0 bridgehead atoms. The first-order valence-electron chi connectivity index (χ1n) is 10.7. The number of carbonyl (C=O) groups is 2. The highest BCUT2D eigenvalue weighted by Gasteiger charge is 2.13. The number of para-hydroxylation sites is 1. The van der Waals surface area contributed by atoms with Crippen molar-refractivity contribution in [2.24, 2.45) is 0 Å². The van der Waals surface area contributed by atoms with Gasteiger partial charge in [-0.1, -0.05) is 24.3 Å². The number of hydrogen-bond donors (Lipinski definition) is 1. The van der Waals surface area contributed by atoms with Crippen LogP contribution in [-0.4, -0.2) is 43.0 Å². The molecule has 0 aromatic heterocycles. The number of carbonyl (C=O) groups excluding carboxylic acids is 2. The molecule has 0 atom stereocenters. The van der Waals surface area contributed by atoms with Crippen LogP contribution in [0.4, 0.5) is 5.69 Å². The third-order valence-corrected chi connectivity index (χ3v) is 4.90. The molecule has 0 spiro atoms. The van der Waals surface area contributed by atoms with E-state index in [0.29, 0.717) is 48.9 Å². The number of nitrogens with zero attached hydrogens (tertiary/aromatic N) is 1. The van der Waals surface area contributed by atoms with Crippen LogP contribution < -0.4 is 14.8 Å². The van der Waals surface area contributed by atoms with Crippen LogP contribution in [0.2, 0.25) is 0 Å². The van der Waals surface area contributed by atoms with E-state index in [-0.39, 0.29) is 11.8 Å². The Bertz CT molecular complexity index is 1020. The molecular weight excluding hydrogens is 404 g/mol. The minimum atomic E-state index is -0.253. The molecule has 0 aliphatic rings. The summed E-state index contributed by atoms with van der Waals surface area (Å²) in [6.45, 7) is 5.98. The van der Waals surface area contributed by atoms with Gasteiger partial charge < -0.3 is 19.7 Å². The lowest BCUT2D eigenvalue weighted by molar-refractivity contribution is 0.0772. The second-order valence-corrected chi connectivity index (χ2v) is 7.05. The Morgan fingerprint density at radius 1 is 0.750 bits per heavy atom. The van der Waals surface area contributed by atoms with E-state index in [2.05, 4.69) is 5.32 Å². The number of amides is 2. The normalized spacial score (nSPS) is 10.3. The van der Waals surface area contributed by atoms with Crippen molar-refractivity contribution in [1.82, 2.24) is 4.90 Å². The predicted octanol–water partition coefficient (Wildman–Crippen LogP) is 4.88. The summed E-state index contributed by atoms with van der Waals surface area (Å²) in [5.74, 6) is 1.15. The monoisotopic (exact) mass is 432 g/mol. The summed E-state index contributed by atoms with van der Waals surface area (Å²) in [5.41, 5.74) is 1.62. The van der Waals surface area contributed by atoms with Crippen molar-refractivity contribution < 1.29 is 19.1 Å². The van der Waals surface area contributed by atoms with Gasteiger partial charge in [0.05, 0.1) is 0 Å². The molecule has 3 aromatic carbocycles. The Morgan fingerprint density at radius 2 is 1.38 bits per heavy atom. The third-order valence-electron chi connectivity index (χ3n) is 4.90. The summed E-state index contributed by atoms with van der Waals surface area (Å²) in [7, 11) is 0. The smallest absolute Gasteiger partial charge is 0.255 e. The maximum atomic E-state index is 12.6. The van der Waals surface area contributed by atoms with E-state index in [1.807, 2.05) is 44.2 Å². The summed E-state index contributed by atoms with van der Waals surface area (Å²) in [6.07, 6.45) is 0. The van der Waals surface area contributed by atoms with Crippen molar-refractivity contribution in [2.75, 3.05) is 31.6 Å². The number of hydrogen-bond acceptors (Lipinski definition) is 4. The highest BCUT2D eigenvalue weighted by Crippen LogP contribution is 2.17. The second-order valence-electron chi connectivity index (χ2n) is 7.05. The minimum Gasteiger partial charge on any atom is -0.490 e. The van der Waals surface area contributed by atoms with Crippen molar-refractivity contribution in [3.63, 3.8) is 0 Å². The summed E-state index contributed by atoms with van der Waals surface area (Å²) < 4.78 is 11.3. The van der Waals surface area contributed by atoms with Crippen LogP contribution in [0.25, 0.3) is 0 Å². The molecule has 0 aliphatic heterocycles. The van der Waals surface area contributed by atoms with Gasteiger partial charge >= 0.3 is 0 Å². The van der Waals surface area contributed by atoms with Gasteiger partial charge in [0.25, 0.3) is 11.8 Å². The molecule has 0 heterocycles. The first-order chi connectivity index (χ1) is 15.6. The molecule has 0 saturated carbocycles. The van der Waals surface area contributed by atoms with Gasteiger partial charge in [-0.3, -0.25) is 9.59 Å². The molecule has 0 saturated heterocycles. The Hall–Kier alpha value is -3.80. The van der Waals surface area contributed by atoms with Gasteiger partial charge in [-0.15, -0.1) is 0 Å². The number of anilines is 1. The third kappa shape index (κ3) is 6.35. The molecule has 0 radical (unpaired) electrons. The van der Waals surface area contributed by atoms with E-state index in [4.69, 9.17) is 9.47 Å². The van der Waals surface area contributed by atoms with E-state index < -0.39 is 0 Å². The summed E-state index contributed by atoms with van der Waals surface area (Å²) in [4.78, 5) is 26.9. The fraction of sp³-hybridized carbons (Fsp3) is 0.231. The number of ether oxygens (including phenoxy) is 2. The SMILES string of the molecule is CCN(CC)C(=O)c1cccc(NC(=O)c2ccc(OCCOc3ccccc3)cc2)c1. The van der Waals surface area contributed by atoms with E-state index in [9.17, 15) is 9.59 Å². The van der Waals surface area contributed by atoms with Gasteiger partial charge in [0.15, 0.2) is 0 Å². The Labute approximate surface area is 188 Å². The first kappa shape index (κ1) is 22.9. The van der Waals surface area contributed by atoms with Gasteiger partial charge in [-0.25, -0.2) is 0 Å². The molecule has 0 unspecified atom stereocenters. The lowest BCUT2D eigenvalue weighted by Crippen LogP contribution is -2.30. The van der Waals surface area contributed by atoms with Crippen molar-refractivity contribution in [3.8, 4) is 11.5 Å². The molecule has 1 N–H and O–H groups in total. The molecule has 3 rings (SSSR count). The molecule has 6 nitrogen and oxygen atoms in total. The van der Waals surface area contributed by atoms with Crippen LogP contribution >= 0.6 is 0 Å². The van der Waals surface area contributed by atoms with Gasteiger partial charge in [0.2, 0.25) is 0 Å². The van der Waals surface area contributed by atoms with Gasteiger partial charge in [0.1, 0.15) is 24.7 Å². The van der Waals surface area contributed by atoms with Gasteiger partial charge in [0, 0.05) is 29.9 Å². The zero-order chi connectivity index (χ0) is 22.8. The Balaban J connectivity index is 1.52. The van der Waals surface area contributed by atoms with Crippen LogP contribution in [0.3, 0.4) is 0 Å². The first-order valence-corrected chi connectivity index (χ1v) is 10.7. The van der Waals surface area contributed by atoms with Gasteiger partial charge in [-0.05, 0) is 68.4 Å². The average Bonchev–Trinajstić information content (AvgIpc) is 2.84. The number of benzene rings is 3. The van der Waals surface area contributed by atoms with Crippen molar-refractivity contribution in [2.45, 2.75) is 13.8 Å². The van der Waals surface area contributed by atoms with Crippen LogP contribution in [-0.2, 0) is 0 Å². The fourth-order valence-corrected chi connectivity index (χ4v) is 3.16. The Kier molecular flexibility index (Phi) is 8.26. The largest absolute Gasteiger partial charge is 0.490 e. The van der Waals surface area contributed by atoms with Crippen molar-refractivity contribution in [3.05, 3.63) is 90.0 Å². The fourth-order valence-electron chi connectivity index (χ4n) is 3.16. The molecule has 3 aromatic rings. The highest BCUT2D eigenvalue weighted by molar-refractivity contribution is 6.05. The lowest BCUT2D eigenvalue weighted by atomic mass is 10.1. The van der Waals surface area contributed by atoms with E-state index in [0.717, 1.165) is 5.75 Å². The van der Waals surface area contributed by atoms with Crippen LogP contribution in [0, 0.1) is 0 Å². The topological polar surface area (TPSA) is 67.9 Å². The lowest BCUT2D eigenvalue weighted by Gasteiger charge is -2.19. The maximum Gasteiger partial charge on any atom is 0.255 e. The highest BCUT2D eigenvalue weighted by atomic mass is 16.5. The maximum absolute atomic E-state index is 12.6. The molecule has 0 aliphatic carbocycles. The predicted molar refractivity (Wildman–Crippen MR) is 126 cm³/mol. The molecule has 2 amide bonds. The van der Waals surface area contributed by atoms with E-state index in [1.54, 1.807) is 53.4 Å². The van der Waals surface area contributed by atoms with E-state index >= 15 is 0 Å². The van der Waals surface area contributed by atoms with Crippen LogP contribution in [0.1, 0.15) is 34.6 Å². The summed E-state index contributed by atoms with van der Waals surface area (Å²) in [6, 6.07) is 23.4. The zero-order valence-corrected chi connectivity index (χ0v) is 18.4. The van der Waals surface area contributed by atoms with Crippen molar-refractivity contribution >= 4 is 17.5 Å².